The first kappa shape index (κ1) is 19.5. The summed E-state index contributed by atoms with van der Waals surface area (Å²) >= 11 is 0. The number of nitrogens with zero attached hydrogens (tertiary/aromatic N) is 2. The van der Waals surface area contributed by atoms with Gasteiger partial charge in [-0.1, -0.05) is 31.4 Å². The minimum absolute atomic E-state index is 0.110. The van der Waals surface area contributed by atoms with Gasteiger partial charge in [-0.3, -0.25) is 4.79 Å². The van der Waals surface area contributed by atoms with Gasteiger partial charge in [0, 0.05) is 24.8 Å². The Morgan fingerprint density at radius 3 is 2.33 bits per heavy atom. The predicted octanol–water partition coefficient (Wildman–Crippen LogP) is 4.82. The Bertz CT molecular complexity index is 701. The summed E-state index contributed by atoms with van der Waals surface area (Å²) in [6, 6.07) is 7.86. The summed E-state index contributed by atoms with van der Waals surface area (Å²) in [5.74, 6) is 0.187. The van der Waals surface area contributed by atoms with Crippen molar-refractivity contribution in [3.8, 4) is 0 Å². The lowest BCUT2D eigenvalue weighted by Crippen LogP contribution is -2.42. The number of amides is 2. The smallest absolute Gasteiger partial charge is 0.404 e. The Hall–Kier alpha value is -2.30. The molecule has 0 spiro atoms. The monoisotopic (exact) mass is 370 g/mol. The maximum atomic E-state index is 12.8. The van der Waals surface area contributed by atoms with Gasteiger partial charge >= 0.3 is 6.09 Å². The molecule has 2 aliphatic rings. The Balaban J connectivity index is 1.73. The van der Waals surface area contributed by atoms with Crippen molar-refractivity contribution in [2.24, 2.45) is 5.92 Å². The van der Waals surface area contributed by atoms with Crippen LogP contribution >= 0.6 is 0 Å². The maximum Gasteiger partial charge on any atom is 0.422 e. The molecule has 3 rings (SSSR count). The Labute approximate surface area is 162 Å². The molecule has 0 N–H and O–H groups in total. The van der Waals surface area contributed by atoms with Gasteiger partial charge in [0.25, 0.3) is 5.91 Å². The molecular weight excluding hydrogens is 340 g/mol. The van der Waals surface area contributed by atoms with Crippen LogP contribution in [0.5, 0.6) is 0 Å². The zero-order valence-electron chi connectivity index (χ0n) is 16.6. The molecule has 146 valence electrons. The summed E-state index contributed by atoms with van der Waals surface area (Å²) in [5.41, 5.74) is 2.00. The van der Waals surface area contributed by atoms with Gasteiger partial charge in [-0.25, -0.2) is 9.69 Å². The second kappa shape index (κ2) is 8.59. The van der Waals surface area contributed by atoms with Crippen LogP contribution in [-0.2, 0) is 9.53 Å². The van der Waals surface area contributed by atoms with Crippen molar-refractivity contribution >= 4 is 23.8 Å². The predicted molar refractivity (Wildman–Crippen MR) is 107 cm³/mol. The van der Waals surface area contributed by atoms with Crippen LogP contribution in [0.1, 0.15) is 58.4 Å². The summed E-state index contributed by atoms with van der Waals surface area (Å²) in [6.45, 7) is 8.11. The van der Waals surface area contributed by atoms with Gasteiger partial charge in [0.1, 0.15) is 0 Å². The van der Waals surface area contributed by atoms with E-state index >= 15 is 0 Å². The third-order valence-electron chi connectivity index (χ3n) is 5.88. The summed E-state index contributed by atoms with van der Waals surface area (Å²) < 4.78 is 5.31. The number of carbonyl (C=O) groups is 2. The molecule has 0 radical (unpaired) electrons. The molecule has 0 aromatic heterocycles. The topological polar surface area (TPSA) is 49.9 Å². The number of carbonyl (C=O) groups excluding carboxylic acids is 2. The minimum Gasteiger partial charge on any atom is -0.404 e. The van der Waals surface area contributed by atoms with Crippen molar-refractivity contribution in [3.63, 3.8) is 0 Å². The average molecular weight is 370 g/mol. The van der Waals surface area contributed by atoms with Gasteiger partial charge in [0.15, 0.2) is 5.76 Å². The minimum atomic E-state index is -0.538. The lowest BCUT2D eigenvalue weighted by Gasteiger charge is -2.31. The highest BCUT2D eigenvalue weighted by Gasteiger charge is 2.42. The van der Waals surface area contributed by atoms with E-state index in [9.17, 15) is 9.59 Å². The molecule has 2 amide bonds. The molecule has 0 bridgehead atoms. The van der Waals surface area contributed by atoms with E-state index in [1.54, 1.807) is 6.08 Å². The molecule has 5 heteroatoms. The fraction of sp³-hybridized carbons (Fsp3) is 0.545. The van der Waals surface area contributed by atoms with Crippen LogP contribution in [0.15, 0.2) is 30.0 Å². The highest BCUT2D eigenvalue weighted by atomic mass is 16.6. The quantitative estimate of drug-likeness (QED) is 0.674. The fourth-order valence-corrected chi connectivity index (χ4v) is 4.18. The lowest BCUT2D eigenvalue weighted by atomic mass is 9.84. The van der Waals surface area contributed by atoms with E-state index in [1.807, 2.05) is 31.2 Å². The van der Waals surface area contributed by atoms with Crippen LogP contribution in [0, 0.1) is 5.92 Å². The summed E-state index contributed by atoms with van der Waals surface area (Å²) in [7, 11) is 0. The number of ether oxygens (including phenoxy) is 1. The largest absolute Gasteiger partial charge is 0.422 e. The second-order valence-electron chi connectivity index (χ2n) is 7.45. The molecule has 1 atom stereocenters. The second-order valence-corrected chi connectivity index (χ2v) is 7.45. The maximum absolute atomic E-state index is 12.8. The number of anilines is 1. The van der Waals surface area contributed by atoms with Crippen molar-refractivity contribution in [3.05, 3.63) is 35.6 Å². The van der Waals surface area contributed by atoms with Crippen LogP contribution in [0.25, 0.3) is 6.08 Å². The third kappa shape index (κ3) is 4.18. The molecule has 1 aliphatic carbocycles. The van der Waals surface area contributed by atoms with Gasteiger partial charge in [-0.15, -0.1) is 0 Å². The van der Waals surface area contributed by atoms with Crippen molar-refractivity contribution in [2.45, 2.75) is 58.9 Å². The fourth-order valence-electron chi connectivity index (χ4n) is 4.18. The number of rotatable bonds is 6. The molecule has 1 saturated heterocycles. The Morgan fingerprint density at radius 1 is 1.11 bits per heavy atom. The van der Waals surface area contributed by atoms with Crippen LogP contribution in [0.4, 0.5) is 10.5 Å². The summed E-state index contributed by atoms with van der Waals surface area (Å²) in [5, 5.41) is 0. The standard InChI is InChI=1S/C22H30N2O3/c1-4-23(5-2)19-13-11-17(12-14-19)15-20-21(25)24(22(26)27-20)16(3)18-9-7-6-8-10-18/h11-16,18H,4-10H2,1-3H3/b20-15+. The van der Waals surface area contributed by atoms with Gasteiger partial charge in [0.05, 0.1) is 0 Å². The first-order valence-electron chi connectivity index (χ1n) is 10.2. The van der Waals surface area contributed by atoms with Gasteiger partial charge in [0.2, 0.25) is 0 Å². The zero-order chi connectivity index (χ0) is 19.4. The molecule has 5 nitrogen and oxygen atoms in total. The normalized spacial score (nSPS) is 20.9. The first-order chi connectivity index (χ1) is 13.0. The summed E-state index contributed by atoms with van der Waals surface area (Å²) in [4.78, 5) is 28.7. The highest BCUT2D eigenvalue weighted by molar-refractivity contribution is 6.10. The highest BCUT2D eigenvalue weighted by Crippen LogP contribution is 2.32. The molecule has 1 heterocycles. The van der Waals surface area contributed by atoms with E-state index < -0.39 is 6.09 Å². The Morgan fingerprint density at radius 2 is 1.74 bits per heavy atom. The van der Waals surface area contributed by atoms with Gasteiger partial charge in [-0.05, 0) is 63.3 Å². The number of imide groups is 1. The van der Waals surface area contributed by atoms with Crippen molar-refractivity contribution in [2.75, 3.05) is 18.0 Å². The van der Waals surface area contributed by atoms with Crippen LogP contribution < -0.4 is 4.90 Å². The van der Waals surface area contributed by atoms with Gasteiger partial charge in [-0.2, -0.15) is 0 Å². The molecule has 1 saturated carbocycles. The van der Waals surface area contributed by atoms with E-state index in [1.165, 1.54) is 24.2 Å². The number of benzene rings is 1. The van der Waals surface area contributed by atoms with Crippen molar-refractivity contribution < 1.29 is 14.3 Å². The van der Waals surface area contributed by atoms with Crippen molar-refractivity contribution in [1.82, 2.24) is 4.90 Å². The average Bonchev–Trinajstić information content (AvgIpc) is 2.97. The molecule has 1 unspecified atom stereocenters. The first-order valence-corrected chi connectivity index (χ1v) is 10.2. The van der Waals surface area contributed by atoms with Crippen LogP contribution in [0.2, 0.25) is 0 Å². The van der Waals surface area contributed by atoms with E-state index in [-0.39, 0.29) is 17.7 Å². The molecule has 1 aromatic carbocycles. The molecule has 1 aromatic rings. The van der Waals surface area contributed by atoms with E-state index in [0.29, 0.717) is 5.92 Å². The third-order valence-corrected chi connectivity index (χ3v) is 5.88. The SMILES string of the molecule is CCN(CC)c1ccc(/C=C2/OC(=O)N(C(C)C3CCCCC3)C2=O)cc1. The molecular formula is C22H30N2O3. The van der Waals surface area contributed by atoms with E-state index in [4.69, 9.17) is 4.74 Å². The van der Waals surface area contributed by atoms with Crippen molar-refractivity contribution in [1.29, 1.82) is 0 Å². The van der Waals surface area contributed by atoms with E-state index in [2.05, 4.69) is 18.7 Å². The van der Waals surface area contributed by atoms with Crippen LogP contribution in [-0.4, -0.2) is 36.0 Å². The summed E-state index contributed by atoms with van der Waals surface area (Å²) in [6.07, 6.45) is 6.87. The number of hydrogen-bond donors (Lipinski definition) is 0. The Kier molecular flexibility index (Phi) is 6.19. The molecule has 1 aliphatic heterocycles. The molecule has 2 fully saturated rings. The van der Waals surface area contributed by atoms with Crippen LogP contribution in [0.3, 0.4) is 0 Å². The molecule has 27 heavy (non-hydrogen) atoms. The van der Waals surface area contributed by atoms with Gasteiger partial charge < -0.3 is 9.64 Å². The zero-order valence-corrected chi connectivity index (χ0v) is 16.6. The lowest BCUT2D eigenvalue weighted by molar-refractivity contribution is -0.125. The van der Waals surface area contributed by atoms with E-state index in [0.717, 1.165) is 37.2 Å². The number of cyclic esters (lactones) is 1. The number of hydrogen-bond acceptors (Lipinski definition) is 4.